The molecule has 7 nitrogen and oxygen atoms in total. The smallest absolute Gasteiger partial charge is 0.245 e. The minimum Gasteiger partial charge on any atom is -0.467 e. The summed E-state index contributed by atoms with van der Waals surface area (Å²) >= 11 is 0. The lowest BCUT2D eigenvalue weighted by Gasteiger charge is -2.34. The Balaban J connectivity index is 1.60. The molecule has 1 fully saturated rings. The van der Waals surface area contributed by atoms with Gasteiger partial charge in [-0.1, -0.05) is 6.92 Å². The average Bonchev–Trinajstić information content (AvgIpc) is 3.07. The summed E-state index contributed by atoms with van der Waals surface area (Å²) in [5.74, 6) is 2.25. The van der Waals surface area contributed by atoms with Crippen molar-refractivity contribution in [1.82, 2.24) is 20.1 Å². The number of aromatic nitrogens is 3. The Kier molecular flexibility index (Phi) is 4.30. The maximum absolute atomic E-state index is 5.27. The zero-order valence-corrected chi connectivity index (χ0v) is 12.2. The highest BCUT2D eigenvalue weighted by Crippen LogP contribution is 2.14. The van der Waals surface area contributed by atoms with E-state index in [4.69, 9.17) is 4.42 Å². The van der Waals surface area contributed by atoms with Crippen LogP contribution in [-0.4, -0.2) is 52.8 Å². The maximum Gasteiger partial charge on any atom is 0.245 e. The van der Waals surface area contributed by atoms with E-state index in [1.54, 1.807) is 12.5 Å². The van der Waals surface area contributed by atoms with E-state index in [-0.39, 0.29) is 0 Å². The van der Waals surface area contributed by atoms with E-state index >= 15 is 0 Å². The van der Waals surface area contributed by atoms with Crippen LogP contribution in [0.2, 0.25) is 0 Å². The van der Waals surface area contributed by atoms with E-state index in [9.17, 15) is 0 Å². The van der Waals surface area contributed by atoms with E-state index in [1.807, 2.05) is 12.1 Å². The molecule has 0 spiro atoms. The van der Waals surface area contributed by atoms with Crippen LogP contribution in [-0.2, 0) is 6.54 Å². The van der Waals surface area contributed by atoms with Crippen molar-refractivity contribution in [2.45, 2.75) is 13.5 Å². The highest BCUT2D eigenvalue weighted by molar-refractivity contribution is 5.40. The van der Waals surface area contributed by atoms with Crippen LogP contribution in [0.25, 0.3) is 0 Å². The summed E-state index contributed by atoms with van der Waals surface area (Å²) in [6.45, 7) is 7.94. The van der Waals surface area contributed by atoms with E-state index in [1.165, 1.54) is 0 Å². The second-order valence-electron chi connectivity index (χ2n) is 4.99. The minimum atomic E-state index is 0.529. The summed E-state index contributed by atoms with van der Waals surface area (Å²) < 4.78 is 5.27. The van der Waals surface area contributed by atoms with Gasteiger partial charge in [0.25, 0.3) is 0 Å². The van der Waals surface area contributed by atoms with E-state index in [0.29, 0.717) is 12.5 Å². The number of hydrogen-bond donors (Lipinski definition) is 1. The van der Waals surface area contributed by atoms with Gasteiger partial charge < -0.3 is 19.5 Å². The van der Waals surface area contributed by atoms with Gasteiger partial charge in [-0.2, -0.15) is 10.1 Å². The van der Waals surface area contributed by atoms with Gasteiger partial charge in [0.15, 0.2) is 5.82 Å². The molecule has 1 saturated heterocycles. The molecule has 0 amide bonds. The number of anilines is 2. The number of piperazine rings is 1. The third kappa shape index (κ3) is 3.49. The van der Waals surface area contributed by atoms with Crippen molar-refractivity contribution in [2.24, 2.45) is 0 Å². The fraction of sp³-hybridized carbons (Fsp3) is 0.500. The first-order valence-electron chi connectivity index (χ1n) is 7.28. The van der Waals surface area contributed by atoms with Gasteiger partial charge in [-0.3, -0.25) is 0 Å². The van der Waals surface area contributed by atoms with Crippen molar-refractivity contribution in [1.29, 1.82) is 0 Å². The van der Waals surface area contributed by atoms with Crippen molar-refractivity contribution in [2.75, 3.05) is 42.9 Å². The topological polar surface area (TPSA) is 70.3 Å². The van der Waals surface area contributed by atoms with Crippen LogP contribution in [0, 0.1) is 0 Å². The maximum atomic E-state index is 5.27. The Morgan fingerprint density at radius 3 is 2.86 bits per heavy atom. The summed E-state index contributed by atoms with van der Waals surface area (Å²) in [5.41, 5.74) is 0. The first-order chi connectivity index (χ1) is 10.3. The number of nitrogens with zero attached hydrogens (tertiary/aromatic N) is 5. The summed E-state index contributed by atoms with van der Waals surface area (Å²) in [6, 6.07) is 3.77. The molecule has 7 heteroatoms. The number of furan rings is 1. The molecule has 0 radical (unpaired) electrons. The molecule has 0 atom stereocenters. The van der Waals surface area contributed by atoms with Gasteiger partial charge in [0.05, 0.1) is 19.0 Å². The van der Waals surface area contributed by atoms with Crippen LogP contribution in [0.5, 0.6) is 0 Å². The molecule has 2 aromatic rings. The van der Waals surface area contributed by atoms with Crippen LogP contribution < -0.4 is 10.2 Å². The highest BCUT2D eigenvalue weighted by atomic mass is 16.3. The Bertz CT molecular complexity index is 550. The minimum absolute atomic E-state index is 0.529. The fourth-order valence-corrected chi connectivity index (χ4v) is 2.39. The Hall–Kier alpha value is -2.15. The van der Waals surface area contributed by atoms with Crippen molar-refractivity contribution < 1.29 is 4.42 Å². The van der Waals surface area contributed by atoms with Crippen molar-refractivity contribution in [3.8, 4) is 0 Å². The van der Waals surface area contributed by atoms with Crippen molar-refractivity contribution in [3.63, 3.8) is 0 Å². The molecule has 0 saturated carbocycles. The molecule has 1 aliphatic rings. The molecule has 2 aromatic heterocycles. The molecule has 1 aliphatic heterocycles. The van der Waals surface area contributed by atoms with E-state index in [0.717, 1.165) is 44.3 Å². The van der Waals surface area contributed by atoms with E-state index in [2.05, 4.69) is 37.2 Å². The monoisotopic (exact) mass is 288 g/mol. The van der Waals surface area contributed by atoms with Gasteiger partial charge in [-0.15, -0.1) is 5.10 Å². The molecule has 0 aliphatic carbocycles. The SMILES string of the molecule is CCN1CCN(c2cnnc(NCc3ccco3)n2)CC1. The zero-order chi connectivity index (χ0) is 14.5. The van der Waals surface area contributed by atoms with Gasteiger partial charge in [-0.05, 0) is 18.7 Å². The predicted molar refractivity (Wildman–Crippen MR) is 80.2 cm³/mol. The molecule has 1 N–H and O–H groups in total. The molecule has 21 heavy (non-hydrogen) atoms. The molecular formula is C14H20N6O. The molecule has 0 bridgehead atoms. The quantitative estimate of drug-likeness (QED) is 0.887. The molecule has 3 heterocycles. The van der Waals surface area contributed by atoms with Crippen molar-refractivity contribution >= 4 is 11.8 Å². The normalized spacial score (nSPS) is 16.1. The fourth-order valence-electron chi connectivity index (χ4n) is 2.39. The van der Waals surface area contributed by atoms with Crippen molar-refractivity contribution in [3.05, 3.63) is 30.4 Å². The van der Waals surface area contributed by atoms with Crippen LogP contribution in [0.1, 0.15) is 12.7 Å². The van der Waals surface area contributed by atoms with Gasteiger partial charge in [0.2, 0.25) is 5.95 Å². The number of likely N-dealkylation sites (N-methyl/N-ethyl adjacent to an activating group) is 1. The number of rotatable bonds is 5. The second kappa shape index (κ2) is 6.53. The van der Waals surface area contributed by atoms with Crippen LogP contribution in [0.3, 0.4) is 0 Å². The standard InChI is InChI=1S/C14H20N6O/c1-2-19-5-7-20(8-6-19)13-11-16-18-14(17-13)15-10-12-4-3-9-21-12/h3-4,9,11H,2,5-8,10H2,1H3,(H,15,17,18). The Labute approximate surface area is 124 Å². The average molecular weight is 288 g/mol. The lowest BCUT2D eigenvalue weighted by Crippen LogP contribution is -2.46. The molecule has 0 aromatic carbocycles. The summed E-state index contributed by atoms with van der Waals surface area (Å²) in [7, 11) is 0. The summed E-state index contributed by atoms with van der Waals surface area (Å²) in [4.78, 5) is 9.21. The molecular weight excluding hydrogens is 268 g/mol. The third-order valence-electron chi connectivity index (χ3n) is 3.69. The van der Waals surface area contributed by atoms with Gasteiger partial charge in [0, 0.05) is 26.2 Å². The molecule has 112 valence electrons. The zero-order valence-electron chi connectivity index (χ0n) is 12.2. The first kappa shape index (κ1) is 13.8. The lowest BCUT2D eigenvalue weighted by atomic mass is 10.3. The Morgan fingerprint density at radius 2 is 2.14 bits per heavy atom. The van der Waals surface area contributed by atoms with Crippen LogP contribution in [0.4, 0.5) is 11.8 Å². The summed E-state index contributed by atoms with van der Waals surface area (Å²) in [5, 5.41) is 11.2. The Morgan fingerprint density at radius 1 is 1.29 bits per heavy atom. The second-order valence-corrected chi connectivity index (χ2v) is 4.99. The van der Waals surface area contributed by atoms with Crippen LogP contribution in [0.15, 0.2) is 29.0 Å². The first-order valence-corrected chi connectivity index (χ1v) is 7.28. The van der Waals surface area contributed by atoms with Gasteiger partial charge in [0.1, 0.15) is 5.76 Å². The van der Waals surface area contributed by atoms with Crippen LogP contribution >= 0.6 is 0 Å². The lowest BCUT2D eigenvalue weighted by molar-refractivity contribution is 0.270. The number of hydrogen-bond acceptors (Lipinski definition) is 7. The molecule has 3 rings (SSSR count). The van der Waals surface area contributed by atoms with E-state index < -0.39 is 0 Å². The van der Waals surface area contributed by atoms with Gasteiger partial charge >= 0.3 is 0 Å². The summed E-state index contributed by atoms with van der Waals surface area (Å²) in [6.07, 6.45) is 3.37. The largest absolute Gasteiger partial charge is 0.467 e. The van der Waals surface area contributed by atoms with Gasteiger partial charge in [-0.25, -0.2) is 0 Å². The predicted octanol–water partition coefficient (Wildman–Crippen LogP) is 1.22. The highest BCUT2D eigenvalue weighted by Gasteiger charge is 2.17. The molecule has 0 unspecified atom stereocenters. The third-order valence-corrected chi connectivity index (χ3v) is 3.69. The number of nitrogens with one attached hydrogen (secondary N) is 1.